The van der Waals surface area contributed by atoms with Gasteiger partial charge in [-0.3, -0.25) is 9.59 Å². The highest BCUT2D eigenvalue weighted by molar-refractivity contribution is 5.94. The van der Waals surface area contributed by atoms with Crippen LogP contribution in [0.25, 0.3) is 0 Å². The Morgan fingerprint density at radius 1 is 0.800 bits per heavy atom. The molecule has 25 heavy (non-hydrogen) atoms. The van der Waals surface area contributed by atoms with Gasteiger partial charge >= 0.3 is 0 Å². The molecular weight excluding hydrogens is 312 g/mol. The zero-order valence-corrected chi connectivity index (χ0v) is 15.0. The largest absolute Gasteiger partial charge is 0.341 e. The second-order valence-electron chi connectivity index (χ2n) is 7.79. The molecule has 0 radical (unpaired) electrons. The Morgan fingerprint density at radius 3 is 2.36 bits per heavy atom. The number of hydrogen-bond donors (Lipinski definition) is 0. The molecule has 1 aliphatic heterocycles. The summed E-state index contributed by atoms with van der Waals surface area (Å²) in [6.45, 7) is 2.90. The third kappa shape index (κ3) is 3.44. The maximum absolute atomic E-state index is 12.9. The molecule has 1 aromatic carbocycles. The van der Waals surface area contributed by atoms with Gasteiger partial charge in [0.05, 0.1) is 0 Å². The number of amides is 2. The molecule has 0 spiro atoms. The van der Waals surface area contributed by atoms with E-state index < -0.39 is 0 Å². The van der Waals surface area contributed by atoms with E-state index in [0.29, 0.717) is 19.0 Å². The molecule has 1 aromatic rings. The third-order valence-corrected chi connectivity index (χ3v) is 6.14. The average Bonchev–Trinajstić information content (AvgIpc) is 3.27. The minimum Gasteiger partial charge on any atom is -0.341 e. The summed E-state index contributed by atoms with van der Waals surface area (Å²) in [5, 5.41) is 0. The zero-order chi connectivity index (χ0) is 17.2. The minimum atomic E-state index is 0.130. The first-order valence-corrected chi connectivity index (χ1v) is 9.92. The normalized spacial score (nSPS) is 21.3. The van der Waals surface area contributed by atoms with Crippen LogP contribution in [0.1, 0.15) is 60.0 Å². The van der Waals surface area contributed by atoms with Gasteiger partial charge in [0.2, 0.25) is 5.91 Å². The van der Waals surface area contributed by atoms with Gasteiger partial charge in [0, 0.05) is 37.7 Å². The number of carbonyl (C=O) groups is 2. The van der Waals surface area contributed by atoms with E-state index in [2.05, 4.69) is 12.1 Å². The molecule has 4 rings (SSSR count). The van der Waals surface area contributed by atoms with Crippen molar-refractivity contribution < 1.29 is 9.59 Å². The zero-order valence-electron chi connectivity index (χ0n) is 15.0. The maximum atomic E-state index is 12.9. The van der Waals surface area contributed by atoms with E-state index in [0.717, 1.165) is 50.8 Å². The highest BCUT2D eigenvalue weighted by atomic mass is 16.2. The van der Waals surface area contributed by atoms with Crippen LogP contribution in [-0.4, -0.2) is 47.8 Å². The molecule has 2 amide bonds. The maximum Gasteiger partial charge on any atom is 0.253 e. The van der Waals surface area contributed by atoms with Gasteiger partial charge in [0.25, 0.3) is 5.91 Å². The third-order valence-electron chi connectivity index (χ3n) is 6.14. The summed E-state index contributed by atoms with van der Waals surface area (Å²) in [4.78, 5) is 29.5. The minimum absolute atomic E-state index is 0.130. The Hall–Kier alpha value is -1.84. The summed E-state index contributed by atoms with van der Waals surface area (Å²) < 4.78 is 0. The fraction of sp³-hybridized carbons (Fsp3) is 0.619. The van der Waals surface area contributed by atoms with Crippen molar-refractivity contribution in [3.05, 3.63) is 34.9 Å². The van der Waals surface area contributed by atoms with Crippen LogP contribution in [0.15, 0.2) is 18.2 Å². The first kappa shape index (κ1) is 16.6. The molecule has 2 fully saturated rings. The van der Waals surface area contributed by atoms with Crippen molar-refractivity contribution in [1.29, 1.82) is 0 Å². The quantitative estimate of drug-likeness (QED) is 0.830. The van der Waals surface area contributed by atoms with Crippen LogP contribution in [0.2, 0.25) is 0 Å². The molecule has 1 saturated carbocycles. The van der Waals surface area contributed by atoms with E-state index in [1.807, 2.05) is 15.9 Å². The number of hydrogen-bond acceptors (Lipinski definition) is 2. The monoisotopic (exact) mass is 340 g/mol. The number of benzene rings is 1. The first-order valence-electron chi connectivity index (χ1n) is 9.92. The van der Waals surface area contributed by atoms with E-state index in [1.165, 1.54) is 30.4 Å². The lowest BCUT2D eigenvalue weighted by atomic mass is 10.1. The molecule has 3 aliphatic rings. The van der Waals surface area contributed by atoms with Gasteiger partial charge in [-0.1, -0.05) is 18.9 Å². The lowest BCUT2D eigenvalue weighted by Crippen LogP contribution is -2.39. The summed E-state index contributed by atoms with van der Waals surface area (Å²) in [7, 11) is 0. The highest BCUT2D eigenvalue weighted by Crippen LogP contribution is 2.27. The molecule has 0 aromatic heterocycles. The van der Waals surface area contributed by atoms with Crippen LogP contribution in [0.5, 0.6) is 0 Å². The summed E-state index contributed by atoms with van der Waals surface area (Å²) in [5.41, 5.74) is 3.57. The Kier molecular flexibility index (Phi) is 4.78. The Morgan fingerprint density at radius 2 is 1.52 bits per heavy atom. The lowest BCUT2D eigenvalue weighted by Gasteiger charge is -2.24. The van der Waals surface area contributed by atoms with E-state index in [-0.39, 0.29) is 11.8 Å². The summed E-state index contributed by atoms with van der Waals surface area (Å²) in [6.07, 6.45) is 8.80. The van der Waals surface area contributed by atoms with Crippen molar-refractivity contribution in [3.8, 4) is 0 Å². The lowest BCUT2D eigenvalue weighted by molar-refractivity contribution is -0.135. The van der Waals surface area contributed by atoms with Crippen LogP contribution in [-0.2, 0) is 17.6 Å². The van der Waals surface area contributed by atoms with Crippen molar-refractivity contribution in [2.45, 2.75) is 51.4 Å². The van der Waals surface area contributed by atoms with Gasteiger partial charge in [0.15, 0.2) is 0 Å². The fourth-order valence-corrected chi connectivity index (χ4v) is 4.66. The van der Waals surface area contributed by atoms with Gasteiger partial charge in [-0.05, 0) is 61.8 Å². The smallest absolute Gasteiger partial charge is 0.253 e. The predicted octanol–water partition coefficient (Wildman–Crippen LogP) is 3.04. The van der Waals surface area contributed by atoms with Crippen LogP contribution < -0.4 is 0 Å². The Bertz CT molecular complexity index is 664. The van der Waals surface area contributed by atoms with Crippen molar-refractivity contribution >= 4 is 11.8 Å². The van der Waals surface area contributed by atoms with Gasteiger partial charge in [-0.15, -0.1) is 0 Å². The summed E-state index contributed by atoms with van der Waals surface area (Å²) in [6, 6.07) is 6.21. The van der Waals surface area contributed by atoms with Gasteiger partial charge in [-0.25, -0.2) is 0 Å². The molecular formula is C21H28N2O2. The topological polar surface area (TPSA) is 40.6 Å². The summed E-state index contributed by atoms with van der Waals surface area (Å²) in [5.74, 6) is 0.688. The molecule has 0 bridgehead atoms. The van der Waals surface area contributed by atoms with E-state index >= 15 is 0 Å². The van der Waals surface area contributed by atoms with E-state index in [9.17, 15) is 9.59 Å². The number of fused-ring (bicyclic) bond motifs is 1. The van der Waals surface area contributed by atoms with Crippen LogP contribution in [0.3, 0.4) is 0 Å². The van der Waals surface area contributed by atoms with Crippen molar-refractivity contribution in [3.63, 3.8) is 0 Å². The second-order valence-corrected chi connectivity index (χ2v) is 7.79. The van der Waals surface area contributed by atoms with Crippen LogP contribution in [0.4, 0.5) is 0 Å². The molecule has 0 unspecified atom stereocenters. The molecule has 2 aliphatic carbocycles. The first-order chi connectivity index (χ1) is 12.2. The second kappa shape index (κ2) is 7.19. The standard InChI is InChI=1S/C21H28N2O2/c24-20(17-5-1-2-6-17)22-11-4-12-23(14-13-22)21(25)19-10-9-16-7-3-8-18(16)15-19/h9-10,15,17H,1-8,11-14H2. The fourth-order valence-electron chi connectivity index (χ4n) is 4.66. The van der Waals surface area contributed by atoms with Gasteiger partial charge in [0.1, 0.15) is 0 Å². The number of carbonyl (C=O) groups excluding carboxylic acids is 2. The van der Waals surface area contributed by atoms with Gasteiger partial charge in [-0.2, -0.15) is 0 Å². The van der Waals surface area contributed by atoms with Gasteiger partial charge < -0.3 is 9.80 Å². The average molecular weight is 340 g/mol. The molecule has 1 saturated heterocycles. The Balaban J connectivity index is 1.40. The number of aryl methyl sites for hydroxylation is 2. The number of rotatable bonds is 2. The molecule has 0 atom stereocenters. The molecule has 4 nitrogen and oxygen atoms in total. The molecule has 1 heterocycles. The van der Waals surface area contributed by atoms with Crippen molar-refractivity contribution in [2.24, 2.45) is 5.92 Å². The van der Waals surface area contributed by atoms with Crippen LogP contribution >= 0.6 is 0 Å². The number of nitrogens with zero attached hydrogens (tertiary/aromatic N) is 2. The highest BCUT2D eigenvalue weighted by Gasteiger charge is 2.29. The predicted molar refractivity (Wildman–Crippen MR) is 97.5 cm³/mol. The van der Waals surface area contributed by atoms with Crippen LogP contribution in [0, 0.1) is 5.92 Å². The van der Waals surface area contributed by atoms with Crippen molar-refractivity contribution in [1.82, 2.24) is 9.80 Å². The van der Waals surface area contributed by atoms with E-state index in [4.69, 9.17) is 0 Å². The van der Waals surface area contributed by atoms with Crippen molar-refractivity contribution in [2.75, 3.05) is 26.2 Å². The van der Waals surface area contributed by atoms with E-state index in [1.54, 1.807) is 0 Å². The molecule has 0 N–H and O–H groups in total. The summed E-state index contributed by atoms with van der Waals surface area (Å²) >= 11 is 0. The molecule has 134 valence electrons. The Labute approximate surface area is 150 Å². The molecule has 4 heteroatoms. The SMILES string of the molecule is O=C(c1ccc2c(c1)CCC2)N1CCCN(C(=O)C2CCCC2)CC1.